The number of likely N-dealkylation sites (tertiary alicyclic amines) is 2. The van der Waals surface area contributed by atoms with Gasteiger partial charge in [0, 0.05) is 86.5 Å². The highest BCUT2D eigenvalue weighted by molar-refractivity contribution is 6.01. The van der Waals surface area contributed by atoms with Crippen molar-refractivity contribution in [2.24, 2.45) is 23.5 Å². The van der Waals surface area contributed by atoms with Crippen LogP contribution in [0.3, 0.4) is 0 Å². The molecule has 0 aliphatic carbocycles. The lowest BCUT2D eigenvalue weighted by Gasteiger charge is -2.35. The lowest BCUT2D eigenvalue weighted by Crippen LogP contribution is -2.61. The van der Waals surface area contributed by atoms with Crippen LogP contribution < -0.4 is 37.6 Å². The summed E-state index contributed by atoms with van der Waals surface area (Å²) in [6.45, 7) is 18.2. The zero-order valence-electron chi connectivity index (χ0n) is 67.8. The topological polar surface area (TPSA) is 373 Å². The van der Waals surface area contributed by atoms with Crippen LogP contribution in [0.15, 0.2) is 116 Å². The second-order valence-corrected chi connectivity index (χ2v) is 31.1. The normalized spacial score (nSPS) is 16.4. The van der Waals surface area contributed by atoms with Crippen molar-refractivity contribution in [2.45, 2.75) is 225 Å². The van der Waals surface area contributed by atoms with E-state index >= 15 is 19.2 Å². The van der Waals surface area contributed by atoms with Crippen LogP contribution in [0.2, 0.25) is 0 Å². The summed E-state index contributed by atoms with van der Waals surface area (Å²) in [6, 6.07) is 15.2. The van der Waals surface area contributed by atoms with Crippen LogP contribution in [0.25, 0.3) is 0 Å². The van der Waals surface area contributed by atoms with Gasteiger partial charge in [0.1, 0.15) is 72.5 Å². The number of piperidine rings is 1. The third-order valence-corrected chi connectivity index (χ3v) is 20.9. The van der Waals surface area contributed by atoms with Crippen molar-refractivity contribution in [3.63, 3.8) is 0 Å². The van der Waals surface area contributed by atoms with E-state index in [0.717, 1.165) is 34.6 Å². The maximum Gasteiger partial charge on any atom is 0.246 e. The van der Waals surface area contributed by atoms with Gasteiger partial charge in [0.05, 0.1) is 12.8 Å². The van der Waals surface area contributed by atoms with Crippen molar-refractivity contribution in [2.75, 3.05) is 54.9 Å². The number of hydrogen-bond acceptors (Lipinski definition) is 15. The fourth-order valence-electron chi connectivity index (χ4n) is 13.9. The lowest BCUT2D eigenvalue weighted by atomic mass is 9.98. The summed E-state index contributed by atoms with van der Waals surface area (Å²) in [6.07, 6.45) is 5.55. The van der Waals surface area contributed by atoms with Crippen LogP contribution in [0.1, 0.15) is 149 Å². The fraction of sp³-hybridized carbons (Fsp3) is 0.554. The van der Waals surface area contributed by atoms with Crippen LogP contribution in [0, 0.1) is 17.8 Å². The van der Waals surface area contributed by atoms with Crippen LogP contribution in [-0.2, 0) is 92.8 Å². The molecule has 0 bridgehead atoms. The fourth-order valence-corrected chi connectivity index (χ4v) is 13.9. The van der Waals surface area contributed by atoms with Crippen molar-refractivity contribution >= 4 is 82.7 Å². The van der Waals surface area contributed by atoms with Crippen molar-refractivity contribution in [1.29, 1.82) is 0 Å². The molecule has 29 heteroatoms. The molecule has 0 unspecified atom stereocenters. The molecule has 0 radical (unpaired) electrons. The summed E-state index contributed by atoms with van der Waals surface area (Å²) >= 11 is 0. The second kappa shape index (κ2) is 43.3. The monoisotopic (exact) mass is 1550 g/mol. The van der Waals surface area contributed by atoms with E-state index in [4.69, 9.17) is 5.73 Å². The van der Waals surface area contributed by atoms with E-state index in [2.05, 4.69) is 36.9 Å². The Morgan fingerprint density at radius 3 is 1.46 bits per heavy atom. The number of carbonyl (C=O) groups excluding carboxylic acids is 14. The Labute approximate surface area is 659 Å². The van der Waals surface area contributed by atoms with Gasteiger partial charge in [-0.05, 0) is 125 Å². The molecule has 112 heavy (non-hydrogen) atoms. The zero-order chi connectivity index (χ0) is 82.8. The van der Waals surface area contributed by atoms with Gasteiger partial charge in [0.15, 0.2) is 0 Å². The van der Waals surface area contributed by atoms with Gasteiger partial charge in [-0.2, -0.15) is 0 Å². The van der Waals surface area contributed by atoms with Crippen LogP contribution in [0.5, 0.6) is 0 Å². The molecule has 3 heterocycles. The number of amides is 14. The molecule has 6 rings (SSSR count). The highest BCUT2D eigenvalue weighted by Crippen LogP contribution is 2.24. The Kier molecular flexibility index (Phi) is 34.9. The summed E-state index contributed by atoms with van der Waals surface area (Å²) in [4.78, 5) is 215. The lowest BCUT2D eigenvalue weighted by molar-refractivity contribution is -0.148. The number of carbonyl (C=O) groups is 14. The molecule has 1 aromatic heterocycles. The number of rotatable bonds is 39. The SMILES string of the molecule is CC(C)C[C@@H](NC(=O)[C@@H](Cc1cccnc1)NC(=O)[C@@H]1CCCN1C(=O)[C@H](C)NC(=O)[C@H](CC(C)C)N(C)C(=O)[C@@H](Cc1ccccc1)NC(=O)[C@H](C)N(C)C(=O)[C@H](CC(C)C)N(C)C(=O)Cc1ccccc1)C(=O)N[C@@H](CC(=O)N(C)[C@@H](C)C(N)=O)C(=O)N(C)[C@@H](Cc1ccccc1)C(=O)N[C@@H](C)C(=O)N1CCCCC1. The van der Waals surface area contributed by atoms with Crippen molar-refractivity contribution < 1.29 is 67.1 Å². The summed E-state index contributed by atoms with van der Waals surface area (Å²) in [5, 5.41) is 16.8. The molecular weight excluding hydrogens is 1430 g/mol. The van der Waals surface area contributed by atoms with Gasteiger partial charge in [-0.25, -0.2) is 0 Å². The molecule has 2 saturated heterocycles. The number of primary amides is 1. The molecule has 29 nitrogen and oxygen atoms in total. The van der Waals surface area contributed by atoms with Crippen molar-refractivity contribution in [3.8, 4) is 0 Å². The minimum absolute atomic E-state index is 0.00740. The average molecular weight is 1550 g/mol. The Morgan fingerprint density at radius 2 is 0.902 bits per heavy atom. The number of nitrogens with one attached hydrogen (secondary N) is 6. The van der Waals surface area contributed by atoms with Crippen molar-refractivity contribution in [3.05, 3.63) is 138 Å². The second-order valence-electron chi connectivity index (χ2n) is 31.1. The first-order valence-electron chi connectivity index (χ1n) is 39.0. The van der Waals surface area contributed by atoms with E-state index in [1.807, 2.05) is 58.0 Å². The number of nitrogens with zero attached hydrogens (tertiary/aromatic N) is 8. The van der Waals surface area contributed by atoms with E-state index in [-0.39, 0.29) is 81.1 Å². The molecular formula is C83H119N15O14. The summed E-state index contributed by atoms with van der Waals surface area (Å²) in [7, 11) is 7.12. The Hall–Kier alpha value is -10.6. The number of pyridine rings is 1. The standard InChI is InChI=1S/C83H119N15O14/c1-51(2)42-62(74(103)91-65(49-71(100)92(11)56(9)72(84)101)82(111)96(15)68(47-59-32-22-17-23-33-59)78(107)86-54(7)79(108)97-39-26-19-27-40-97)88-75(104)63(46-61-36-28-38-85-50-61)89-76(105)66-37-29-41-98(66)80(109)55(8)87-77(106)67(43-52(3)4)95(14)81(110)64(45-58-30-20-16-21-31-58)90-73(102)57(10)93(12)83(112)69(44-53(5)6)94(13)70(99)48-60-34-24-18-25-35-60/h16-18,20-25,28,30-36,38,50-57,62-69H,19,26-27,29,37,39-49H2,1-15H3,(H2,84,101)(H,86,107)(H,87,106)(H,88,104)(H,89,105)(H,90,102)(H,91,103)/t54-,55-,56-,57-,62+,63+,64+,65-,66-,67-,68-,69-/m0/s1. The molecule has 12 atom stereocenters. The molecule has 2 fully saturated rings. The first-order valence-corrected chi connectivity index (χ1v) is 39.0. The number of likely N-dealkylation sites (N-methyl/N-ethyl adjacent to an activating group) is 5. The summed E-state index contributed by atoms with van der Waals surface area (Å²) in [5.74, 6) is -9.98. The zero-order valence-corrected chi connectivity index (χ0v) is 67.8. The highest BCUT2D eigenvalue weighted by atomic mass is 16.2. The van der Waals surface area contributed by atoms with E-state index in [9.17, 15) is 47.9 Å². The minimum Gasteiger partial charge on any atom is -0.368 e. The van der Waals surface area contributed by atoms with E-state index in [1.54, 1.807) is 106 Å². The largest absolute Gasteiger partial charge is 0.368 e. The predicted molar refractivity (Wildman–Crippen MR) is 423 cm³/mol. The molecule has 3 aromatic carbocycles. The quantitative estimate of drug-likeness (QED) is 0.0336. The summed E-state index contributed by atoms with van der Waals surface area (Å²) < 4.78 is 0. The maximum absolute atomic E-state index is 15.2. The number of benzene rings is 3. The van der Waals surface area contributed by atoms with Crippen LogP contribution >= 0.6 is 0 Å². The van der Waals surface area contributed by atoms with E-state index < -0.39 is 150 Å². The van der Waals surface area contributed by atoms with Crippen LogP contribution in [0.4, 0.5) is 0 Å². The Morgan fingerprint density at radius 1 is 0.420 bits per heavy atom. The number of hydrogen-bond donors (Lipinski definition) is 7. The summed E-state index contributed by atoms with van der Waals surface area (Å²) in [5.41, 5.74) is 8.20. The highest BCUT2D eigenvalue weighted by Gasteiger charge is 2.43. The Bertz CT molecular complexity index is 3870. The first-order chi connectivity index (χ1) is 53.0. The molecule has 2 aliphatic rings. The van der Waals surface area contributed by atoms with Gasteiger partial charge in [0.2, 0.25) is 82.7 Å². The smallest absolute Gasteiger partial charge is 0.246 e. The minimum atomic E-state index is -1.74. The molecule has 4 aromatic rings. The molecule has 8 N–H and O–H groups in total. The first kappa shape index (κ1) is 90.3. The molecule has 0 saturated carbocycles. The molecule has 14 amide bonds. The predicted octanol–water partition coefficient (Wildman–Crippen LogP) is 3.49. The number of nitrogens with two attached hydrogens (primary N) is 1. The van der Waals surface area contributed by atoms with Gasteiger partial charge in [-0.15, -0.1) is 0 Å². The third kappa shape index (κ3) is 26.3. The van der Waals surface area contributed by atoms with Gasteiger partial charge in [-0.1, -0.05) is 139 Å². The van der Waals surface area contributed by atoms with Crippen LogP contribution in [-0.4, -0.2) is 249 Å². The van der Waals surface area contributed by atoms with Gasteiger partial charge in [-0.3, -0.25) is 72.1 Å². The molecule has 2 aliphatic heterocycles. The van der Waals surface area contributed by atoms with Crippen molar-refractivity contribution in [1.82, 2.24) is 71.2 Å². The van der Waals surface area contributed by atoms with Gasteiger partial charge in [0.25, 0.3) is 0 Å². The third-order valence-electron chi connectivity index (χ3n) is 20.9. The van der Waals surface area contributed by atoms with Gasteiger partial charge < -0.3 is 71.9 Å². The van der Waals surface area contributed by atoms with E-state index in [0.29, 0.717) is 42.6 Å². The Balaban J connectivity index is 1.21. The van der Waals surface area contributed by atoms with E-state index in [1.165, 1.54) is 81.0 Å². The molecule has 610 valence electrons. The molecule has 0 spiro atoms. The van der Waals surface area contributed by atoms with Gasteiger partial charge >= 0.3 is 0 Å². The average Bonchev–Trinajstić information content (AvgIpc) is 1.40. The number of aromatic nitrogens is 1. The maximum atomic E-state index is 15.2.